The van der Waals surface area contributed by atoms with Gasteiger partial charge in [0.2, 0.25) is 5.95 Å². The Labute approximate surface area is 161 Å². The van der Waals surface area contributed by atoms with Crippen molar-refractivity contribution >= 4 is 29.3 Å². The van der Waals surface area contributed by atoms with Crippen molar-refractivity contribution in [2.75, 3.05) is 10.6 Å². The minimum atomic E-state index is -1.19. The first-order chi connectivity index (χ1) is 12.7. The molecule has 0 radical (unpaired) electrons. The number of rotatable bonds is 6. The smallest absolute Gasteiger partial charge is 0.222 e. The minimum Gasteiger partial charge on any atom is -0.388 e. The van der Waals surface area contributed by atoms with Crippen LogP contribution in [0.5, 0.6) is 0 Å². The summed E-state index contributed by atoms with van der Waals surface area (Å²) >= 11 is 1.33. The van der Waals surface area contributed by atoms with E-state index >= 15 is 0 Å². The number of anilines is 2. The summed E-state index contributed by atoms with van der Waals surface area (Å²) in [5.41, 5.74) is 11.5. The van der Waals surface area contributed by atoms with E-state index in [1.165, 1.54) is 11.8 Å². The average Bonchev–Trinajstić information content (AvgIpc) is 3.08. The van der Waals surface area contributed by atoms with Gasteiger partial charge in [-0.1, -0.05) is 32.2 Å². The van der Waals surface area contributed by atoms with Crippen LogP contribution in [0.25, 0.3) is 0 Å². The van der Waals surface area contributed by atoms with Crippen LogP contribution in [-0.4, -0.2) is 56.5 Å². The molecule has 0 spiro atoms. The van der Waals surface area contributed by atoms with Gasteiger partial charge in [0, 0.05) is 12.6 Å². The zero-order chi connectivity index (χ0) is 19.9. The summed E-state index contributed by atoms with van der Waals surface area (Å²) in [6.45, 7) is 7.72. The molecule has 1 fully saturated rings. The van der Waals surface area contributed by atoms with Crippen LogP contribution < -0.4 is 16.4 Å². The van der Waals surface area contributed by atoms with Gasteiger partial charge in [0.1, 0.15) is 18.0 Å². The molecule has 1 aromatic rings. The first kappa shape index (κ1) is 20.0. The molecule has 0 saturated carbocycles. The Bertz CT molecular complexity index is 746. The SMILES string of the molecule is C=C1Sc2cnc(N)nc2N1[C@@H]1O[C@H](CCC(=O)[C@@H](N)C(C)C)[C@@H](O)[C@H]1O. The average molecular weight is 395 g/mol. The van der Waals surface area contributed by atoms with Crippen LogP contribution in [-0.2, 0) is 9.53 Å². The van der Waals surface area contributed by atoms with Crippen molar-refractivity contribution < 1.29 is 19.7 Å². The van der Waals surface area contributed by atoms with Crippen LogP contribution in [0, 0.1) is 5.92 Å². The lowest BCUT2D eigenvalue weighted by molar-refractivity contribution is -0.122. The second kappa shape index (κ2) is 7.72. The Morgan fingerprint density at radius 3 is 2.81 bits per heavy atom. The van der Waals surface area contributed by atoms with Gasteiger partial charge in [0.25, 0.3) is 0 Å². The number of nitrogens with two attached hydrogens (primary N) is 2. The van der Waals surface area contributed by atoms with Crippen molar-refractivity contribution in [1.82, 2.24) is 9.97 Å². The molecule has 10 heteroatoms. The highest BCUT2D eigenvalue weighted by atomic mass is 32.2. The lowest BCUT2D eigenvalue weighted by atomic mass is 9.96. The quantitative estimate of drug-likeness (QED) is 0.527. The fourth-order valence-corrected chi connectivity index (χ4v) is 4.06. The van der Waals surface area contributed by atoms with Gasteiger partial charge in [0.05, 0.1) is 22.1 Å². The van der Waals surface area contributed by atoms with E-state index in [1.54, 1.807) is 11.1 Å². The van der Waals surface area contributed by atoms with E-state index in [0.29, 0.717) is 10.8 Å². The van der Waals surface area contributed by atoms with E-state index in [-0.39, 0.29) is 30.5 Å². The molecule has 9 nitrogen and oxygen atoms in total. The summed E-state index contributed by atoms with van der Waals surface area (Å²) in [5, 5.41) is 21.5. The number of carbonyl (C=O) groups is 1. The summed E-state index contributed by atoms with van der Waals surface area (Å²) in [7, 11) is 0. The van der Waals surface area contributed by atoms with Gasteiger partial charge in [0.15, 0.2) is 12.0 Å². The van der Waals surface area contributed by atoms with Crippen LogP contribution in [0.1, 0.15) is 26.7 Å². The molecule has 3 heterocycles. The lowest BCUT2D eigenvalue weighted by Gasteiger charge is -2.27. The molecule has 6 N–H and O–H groups in total. The number of Topliss-reactive ketones (excluding diaryl/α,β-unsaturated/α-hetero) is 1. The fraction of sp³-hybridized carbons (Fsp3) is 0.588. The third-order valence-corrected chi connectivity index (χ3v) is 5.78. The Morgan fingerprint density at radius 1 is 1.44 bits per heavy atom. The van der Waals surface area contributed by atoms with Gasteiger partial charge in [-0.2, -0.15) is 4.98 Å². The molecule has 1 saturated heterocycles. The number of carbonyl (C=O) groups excluding carboxylic acids is 1. The largest absolute Gasteiger partial charge is 0.388 e. The van der Waals surface area contributed by atoms with E-state index in [4.69, 9.17) is 16.2 Å². The molecule has 1 aromatic heterocycles. The summed E-state index contributed by atoms with van der Waals surface area (Å²) in [4.78, 5) is 22.6. The molecule has 3 rings (SSSR count). The standard InChI is InChI=1S/C17H25N5O4S/c1-7(2)12(18)9(23)4-5-10-13(24)14(25)16(26-10)22-8(3)27-11-6-20-17(19)21-15(11)22/h6-7,10,12-14,16,24-25H,3-5,18H2,1-2H3,(H2,19,20,21)/t10-,12+,13-,14-,16-/m1/s1. The summed E-state index contributed by atoms with van der Waals surface area (Å²) in [5.74, 6) is 0.516. The molecule has 2 aliphatic rings. The predicted octanol–water partition coefficient (Wildman–Crippen LogP) is 0.221. The summed E-state index contributed by atoms with van der Waals surface area (Å²) in [6.07, 6.45) is -1.90. The number of nitrogens with zero attached hydrogens (tertiary/aromatic N) is 3. The normalized spacial score (nSPS) is 28.7. The molecule has 0 bridgehead atoms. The van der Waals surface area contributed by atoms with E-state index in [0.717, 1.165) is 4.90 Å². The van der Waals surface area contributed by atoms with Crippen LogP contribution in [0.15, 0.2) is 22.7 Å². The van der Waals surface area contributed by atoms with Gasteiger partial charge in [-0.15, -0.1) is 0 Å². The third-order valence-electron chi connectivity index (χ3n) is 4.84. The molecule has 148 valence electrons. The van der Waals surface area contributed by atoms with Crippen molar-refractivity contribution in [1.29, 1.82) is 0 Å². The van der Waals surface area contributed by atoms with Crippen LogP contribution in [0.4, 0.5) is 11.8 Å². The maximum Gasteiger partial charge on any atom is 0.222 e. The second-order valence-electron chi connectivity index (χ2n) is 7.10. The number of hydrogen-bond donors (Lipinski definition) is 4. The van der Waals surface area contributed by atoms with Gasteiger partial charge < -0.3 is 26.4 Å². The lowest BCUT2D eigenvalue weighted by Crippen LogP contribution is -2.42. The molecular formula is C17H25N5O4S. The Morgan fingerprint density at radius 2 is 2.15 bits per heavy atom. The zero-order valence-corrected chi connectivity index (χ0v) is 16.1. The highest BCUT2D eigenvalue weighted by Gasteiger charge is 2.48. The van der Waals surface area contributed by atoms with Gasteiger partial charge in [-0.05, 0) is 12.3 Å². The predicted molar refractivity (Wildman–Crippen MR) is 102 cm³/mol. The van der Waals surface area contributed by atoms with Crippen molar-refractivity contribution in [3.05, 3.63) is 17.8 Å². The molecule has 5 atom stereocenters. The highest BCUT2D eigenvalue weighted by molar-refractivity contribution is 8.03. The van der Waals surface area contributed by atoms with Crippen molar-refractivity contribution in [2.24, 2.45) is 11.7 Å². The molecule has 0 aliphatic carbocycles. The molecule has 0 amide bonds. The number of thioether (sulfide) groups is 1. The Balaban J connectivity index is 1.71. The van der Waals surface area contributed by atoms with Gasteiger partial charge in [-0.3, -0.25) is 9.69 Å². The van der Waals surface area contributed by atoms with Crippen molar-refractivity contribution in [3.8, 4) is 0 Å². The molecule has 0 aromatic carbocycles. The fourth-order valence-electron chi connectivity index (χ4n) is 3.18. The summed E-state index contributed by atoms with van der Waals surface area (Å²) < 4.78 is 5.89. The molecule has 27 heavy (non-hydrogen) atoms. The number of ketones is 1. The number of aliphatic hydroxyl groups is 2. The maximum atomic E-state index is 12.1. The van der Waals surface area contributed by atoms with Crippen LogP contribution in [0.3, 0.4) is 0 Å². The van der Waals surface area contributed by atoms with Gasteiger partial charge in [-0.25, -0.2) is 4.98 Å². The number of hydrogen-bond acceptors (Lipinski definition) is 10. The highest BCUT2D eigenvalue weighted by Crippen LogP contribution is 2.47. The third kappa shape index (κ3) is 3.81. The van der Waals surface area contributed by atoms with E-state index < -0.39 is 30.6 Å². The molecular weight excluding hydrogens is 370 g/mol. The zero-order valence-electron chi connectivity index (χ0n) is 15.3. The molecule has 0 unspecified atom stereocenters. The first-order valence-electron chi connectivity index (χ1n) is 8.79. The Hall–Kier alpha value is -1.72. The number of aromatic nitrogens is 2. The topological polar surface area (TPSA) is 148 Å². The maximum absolute atomic E-state index is 12.1. The first-order valence-corrected chi connectivity index (χ1v) is 9.60. The van der Waals surface area contributed by atoms with Gasteiger partial charge >= 0.3 is 0 Å². The number of aliphatic hydroxyl groups excluding tert-OH is 2. The monoisotopic (exact) mass is 395 g/mol. The van der Waals surface area contributed by atoms with E-state index in [1.807, 2.05) is 13.8 Å². The summed E-state index contributed by atoms with van der Waals surface area (Å²) in [6, 6.07) is -0.550. The van der Waals surface area contributed by atoms with Crippen LogP contribution >= 0.6 is 11.8 Å². The number of ether oxygens (including phenoxy) is 1. The van der Waals surface area contributed by atoms with E-state index in [9.17, 15) is 15.0 Å². The number of nitrogen functional groups attached to an aromatic ring is 1. The second-order valence-corrected chi connectivity index (χ2v) is 8.22. The number of fused-ring (bicyclic) bond motifs is 1. The Kier molecular flexibility index (Phi) is 5.73. The van der Waals surface area contributed by atoms with Crippen molar-refractivity contribution in [2.45, 2.75) is 62.2 Å². The van der Waals surface area contributed by atoms with Crippen LogP contribution in [0.2, 0.25) is 0 Å². The van der Waals surface area contributed by atoms with E-state index in [2.05, 4.69) is 16.5 Å². The minimum absolute atomic E-state index is 0.0388. The van der Waals surface area contributed by atoms with Crippen molar-refractivity contribution in [3.63, 3.8) is 0 Å². The molecule has 2 aliphatic heterocycles.